The van der Waals surface area contributed by atoms with Crippen molar-refractivity contribution in [2.75, 3.05) is 13.6 Å². The van der Waals surface area contributed by atoms with Crippen LogP contribution in [0.4, 0.5) is 0 Å². The van der Waals surface area contributed by atoms with E-state index in [0.717, 1.165) is 13.0 Å². The lowest BCUT2D eigenvalue weighted by molar-refractivity contribution is 0.101. The molecule has 0 fully saturated rings. The summed E-state index contributed by atoms with van der Waals surface area (Å²) >= 11 is 7.77. The Morgan fingerprint density at radius 2 is 2.19 bits per heavy atom. The third-order valence-electron chi connectivity index (χ3n) is 3.29. The molecule has 0 atom stereocenters. The maximum Gasteiger partial charge on any atom is 0.163 e. The molecule has 0 aliphatic rings. The molecule has 3 nitrogen and oxygen atoms in total. The molecule has 0 unspecified atom stereocenters. The van der Waals surface area contributed by atoms with Gasteiger partial charge in [-0.25, -0.2) is 0 Å². The van der Waals surface area contributed by atoms with Crippen molar-refractivity contribution in [3.8, 4) is 5.75 Å². The zero-order chi connectivity index (χ0) is 15.4. The van der Waals surface area contributed by atoms with Gasteiger partial charge in [0.15, 0.2) is 5.78 Å². The number of Topliss-reactive ketones (excluding diaryl/α,β-unsaturated/α-hetero) is 1. The van der Waals surface area contributed by atoms with Crippen LogP contribution in [0.3, 0.4) is 0 Å². The number of hydrogen-bond acceptors (Lipinski definition) is 4. The first kappa shape index (κ1) is 16.0. The molecule has 2 rings (SSSR count). The van der Waals surface area contributed by atoms with Crippen molar-refractivity contribution < 1.29 is 9.90 Å². The van der Waals surface area contributed by atoms with Gasteiger partial charge in [0.2, 0.25) is 0 Å². The number of likely N-dealkylation sites (N-methyl/N-ethyl adjacent to an activating group) is 1. The largest absolute Gasteiger partial charge is 0.507 e. The van der Waals surface area contributed by atoms with Gasteiger partial charge in [0.1, 0.15) is 5.75 Å². The lowest BCUT2D eigenvalue weighted by Gasteiger charge is -2.18. The second-order valence-electron chi connectivity index (χ2n) is 5.08. The van der Waals surface area contributed by atoms with Crippen LogP contribution in [0.25, 0.3) is 0 Å². The van der Waals surface area contributed by atoms with Gasteiger partial charge >= 0.3 is 0 Å². The van der Waals surface area contributed by atoms with E-state index < -0.39 is 0 Å². The molecular weight excluding hydrogens is 306 g/mol. The van der Waals surface area contributed by atoms with Crippen LogP contribution >= 0.6 is 22.9 Å². The number of phenols is 1. The monoisotopic (exact) mass is 323 g/mol. The summed E-state index contributed by atoms with van der Waals surface area (Å²) in [6.45, 7) is 2.86. The van der Waals surface area contributed by atoms with E-state index in [0.29, 0.717) is 17.1 Å². The summed E-state index contributed by atoms with van der Waals surface area (Å²) in [6.07, 6.45) is 0.967. The number of halogens is 1. The van der Waals surface area contributed by atoms with E-state index in [2.05, 4.69) is 16.3 Å². The number of thiophene rings is 1. The van der Waals surface area contributed by atoms with Crippen molar-refractivity contribution >= 4 is 28.7 Å². The van der Waals surface area contributed by atoms with Gasteiger partial charge in [0.25, 0.3) is 0 Å². The van der Waals surface area contributed by atoms with Gasteiger partial charge in [-0.05, 0) is 44.0 Å². The van der Waals surface area contributed by atoms with Crippen molar-refractivity contribution in [3.05, 3.63) is 50.7 Å². The van der Waals surface area contributed by atoms with Crippen molar-refractivity contribution in [3.63, 3.8) is 0 Å². The lowest BCUT2D eigenvalue weighted by Crippen LogP contribution is -2.20. The summed E-state index contributed by atoms with van der Waals surface area (Å²) in [5, 5.41) is 12.7. The van der Waals surface area contributed by atoms with Crippen LogP contribution in [0.2, 0.25) is 5.02 Å². The molecule has 21 heavy (non-hydrogen) atoms. The minimum absolute atomic E-state index is 0.0369. The first-order chi connectivity index (χ1) is 9.97. The summed E-state index contributed by atoms with van der Waals surface area (Å²) in [5.41, 5.74) is 0.963. The Balaban J connectivity index is 2.06. The summed E-state index contributed by atoms with van der Waals surface area (Å²) in [6, 6.07) is 7.38. The van der Waals surface area contributed by atoms with Crippen LogP contribution < -0.4 is 0 Å². The van der Waals surface area contributed by atoms with Crippen molar-refractivity contribution in [1.82, 2.24) is 4.90 Å². The molecule has 0 spiro atoms. The van der Waals surface area contributed by atoms with Gasteiger partial charge in [0.05, 0.1) is 5.56 Å². The maximum absolute atomic E-state index is 11.5. The first-order valence-electron chi connectivity index (χ1n) is 6.70. The van der Waals surface area contributed by atoms with Gasteiger partial charge in [-0.15, -0.1) is 11.3 Å². The molecule has 0 aliphatic heterocycles. The van der Waals surface area contributed by atoms with Crippen LogP contribution in [-0.2, 0) is 13.0 Å². The molecule has 0 saturated carbocycles. The fourth-order valence-electron chi connectivity index (χ4n) is 2.17. The van der Waals surface area contributed by atoms with E-state index >= 15 is 0 Å². The summed E-state index contributed by atoms with van der Waals surface area (Å²) in [5.74, 6) is -0.146. The third kappa shape index (κ3) is 4.30. The minimum atomic E-state index is -0.183. The van der Waals surface area contributed by atoms with Crippen molar-refractivity contribution in [1.29, 1.82) is 0 Å². The number of nitrogens with zero attached hydrogens (tertiary/aromatic N) is 1. The molecule has 1 N–H and O–H groups in total. The zero-order valence-corrected chi connectivity index (χ0v) is 13.7. The number of benzene rings is 1. The lowest BCUT2D eigenvalue weighted by atomic mass is 10.1. The predicted octanol–water partition coefficient (Wildman–Crippen LogP) is 3.98. The highest BCUT2D eigenvalue weighted by atomic mass is 35.5. The number of phenolic OH excluding ortho intramolecular Hbond substituents is 1. The Labute approximate surface area is 133 Å². The fourth-order valence-corrected chi connectivity index (χ4v) is 3.11. The van der Waals surface area contributed by atoms with Crippen LogP contribution in [0.5, 0.6) is 5.75 Å². The number of hydrogen-bond donors (Lipinski definition) is 1. The highest BCUT2D eigenvalue weighted by Crippen LogP contribution is 2.28. The van der Waals surface area contributed by atoms with E-state index in [1.165, 1.54) is 17.9 Å². The fraction of sp³-hybridized carbons (Fsp3) is 0.312. The molecule has 1 aromatic carbocycles. The van der Waals surface area contributed by atoms with E-state index in [9.17, 15) is 9.90 Å². The quantitative estimate of drug-likeness (QED) is 0.817. The highest BCUT2D eigenvalue weighted by Gasteiger charge is 2.14. The van der Waals surface area contributed by atoms with Gasteiger partial charge in [0, 0.05) is 28.6 Å². The first-order valence-corrected chi connectivity index (χ1v) is 7.96. The molecule has 1 aromatic heterocycles. The molecular formula is C16H18ClNO2S. The number of ketones is 1. The molecule has 5 heteroatoms. The van der Waals surface area contributed by atoms with Crippen LogP contribution in [-0.4, -0.2) is 29.4 Å². The number of carbonyl (C=O) groups excluding carboxylic acids is 1. The van der Waals surface area contributed by atoms with E-state index in [1.54, 1.807) is 17.4 Å². The molecule has 0 bridgehead atoms. The zero-order valence-electron chi connectivity index (χ0n) is 12.1. The van der Waals surface area contributed by atoms with Gasteiger partial charge in [-0.3, -0.25) is 4.79 Å². The Morgan fingerprint density at radius 3 is 2.81 bits per heavy atom. The van der Waals surface area contributed by atoms with E-state index in [-0.39, 0.29) is 17.1 Å². The molecule has 0 saturated heterocycles. The van der Waals surface area contributed by atoms with E-state index in [1.807, 2.05) is 13.1 Å². The average molecular weight is 324 g/mol. The standard InChI is InChI=1S/C16H18ClNO2S/c1-11(19)15-9-13(17)8-12(16(15)20)10-18(2)6-5-14-4-3-7-21-14/h3-4,7-9,20H,5-6,10H2,1-2H3. The van der Waals surface area contributed by atoms with Crippen LogP contribution in [0.1, 0.15) is 27.7 Å². The Kier molecular flexibility index (Phi) is 5.39. The highest BCUT2D eigenvalue weighted by molar-refractivity contribution is 7.09. The van der Waals surface area contributed by atoms with Crippen LogP contribution in [0, 0.1) is 0 Å². The topological polar surface area (TPSA) is 40.5 Å². The second-order valence-corrected chi connectivity index (χ2v) is 6.55. The summed E-state index contributed by atoms with van der Waals surface area (Å²) in [7, 11) is 1.99. The summed E-state index contributed by atoms with van der Waals surface area (Å²) < 4.78 is 0. The Morgan fingerprint density at radius 1 is 1.43 bits per heavy atom. The Hall–Kier alpha value is -1.36. The normalized spacial score (nSPS) is 11.0. The second kappa shape index (κ2) is 7.07. The molecule has 0 radical (unpaired) electrons. The van der Waals surface area contributed by atoms with Crippen LogP contribution in [0.15, 0.2) is 29.6 Å². The number of aromatic hydroxyl groups is 1. The molecule has 2 aromatic rings. The SMILES string of the molecule is CC(=O)c1cc(Cl)cc(CN(C)CCc2cccs2)c1O. The molecule has 112 valence electrons. The minimum Gasteiger partial charge on any atom is -0.507 e. The smallest absolute Gasteiger partial charge is 0.163 e. The number of carbonyl (C=O) groups is 1. The predicted molar refractivity (Wildman–Crippen MR) is 87.5 cm³/mol. The van der Waals surface area contributed by atoms with Gasteiger partial charge in [-0.2, -0.15) is 0 Å². The van der Waals surface area contributed by atoms with Gasteiger partial charge < -0.3 is 10.0 Å². The molecule has 0 aliphatic carbocycles. The number of rotatable bonds is 6. The van der Waals surface area contributed by atoms with Crippen molar-refractivity contribution in [2.24, 2.45) is 0 Å². The summed E-state index contributed by atoms with van der Waals surface area (Å²) in [4.78, 5) is 14.9. The maximum atomic E-state index is 11.5. The van der Waals surface area contributed by atoms with E-state index in [4.69, 9.17) is 11.6 Å². The molecule has 1 heterocycles. The Bertz CT molecular complexity index is 625. The third-order valence-corrected chi connectivity index (χ3v) is 4.45. The van der Waals surface area contributed by atoms with Crippen molar-refractivity contribution in [2.45, 2.75) is 19.9 Å². The van der Waals surface area contributed by atoms with Gasteiger partial charge in [-0.1, -0.05) is 17.7 Å². The molecule has 0 amide bonds. The average Bonchev–Trinajstić information content (AvgIpc) is 2.93.